The Balaban J connectivity index is 2.14. The maximum Gasteiger partial charge on any atom is 0.244 e. The maximum absolute atomic E-state index is 12.7. The van der Waals surface area contributed by atoms with E-state index < -0.39 is 0 Å². The van der Waals surface area contributed by atoms with Crippen LogP contribution in [0.4, 0.5) is 0 Å². The van der Waals surface area contributed by atoms with Gasteiger partial charge in [-0.2, -0.15) is 0 Å². The minimum Gasteiger partial charge on any atom is -0.338 e. The highest BCUT2D eigenvalue weighted by Gasteiger charge is 2.29. The smallest absolute Gasteiger partial charge is 0.244 e. The fraction of sp³-hybridized carbons (Fsp3) is 0.571. The van der Waals surface area contributed by atoms with Gasteiger partial charge in [-0.05, 0) is 32.8 Å². The van der Waals surface area contributed by atoms with Gasteiger partial charge in [0.15, 0.2) is 0 Å². The van der Waals surface area contributed by atoms with Gasteiger partial charge in [0.25, 0.3) is 0 Å². The summed E-state index contributed by atoms with van der Waals surface area (Å²) in [6.07, 6.45) is 3.51. The van der Waals surface area contributed by atoms with E-state index in [0.29, 0.717) is 0 Å². The van der Waals surface area contributed by atoms with Gasteiger partial charge in [-0.3, -0.25) is 14.7 Å². The maximum atomic E-state index is 12.7. The molecule has 0 spiro atoms. The van der Waals surface area contributed by atoms with Crippen LogP contribution in [-0.2, 0) is 4.79 Å². The summed E-state index contributed by atoms with van der Waals surface area (Å²) in [7, 11) is 5.96. The topological polar surface area (TPSA) is 39.7 Å². The second-order valence-corrected chi connectivity index (χ2v) is 5.28. The molecule has 0 aromatic carbocycles. The van der Waals surface area contributed by atoms with Crippen LogP contribution in [0.5, 0.6) is 0 Å². The molecular formula is C14H22N4O. The van der Waals surface area contributed by atoms with Crippen molar-refractivity contribution in [2.45, 2.75) is 6.04 Å². The first kappa shape index (κ1) is 14.0. The lowest BCUT2D eigenvalue weighted by atomic mass is 10.1. The second kappa shape index (κ2) is 6.12. The minimum atomic E-state index is -0.239. The average molecular weight is 262 g/mol. The fourth-order valence-electron chi connectivity index (χ4n) is 2.40. The lowest BCUT2D eigenvalue weighted by Gasteiger charge is -2.36. The molecular weight excluding hydrogens is 240 g/mol. The Morgan fingerprint density at radius 3 is 2.53 bits per heavy atom. The third kappa shape index (κ3) is 3.30. The highest BCUT2D eigenvalue weighted by atomic mass is 16.2. The van der Waals surface area contributed by atoms with Gasteiger partial charge in [0.05, 0.1) is 0 Å². The molecule has 0 aliphatic carbocycles. The fourth-order valence-corrected chi connectivity index (χ4v) is 2.40. The number of hydrogen-bond donors (Lipinski definition) is 0. The predicted octanol–water partition coefficient (Wildman–Crippen LogP) is 0.458. The van der Waals surface area contributed by atoms with E-state index >= 15 is 0 Å². The van der Waals surface area contributed by atoms with Crippen LogP contribution in [0.15, 0.2) is 24.5 Å². The summed E-state index contributed by atoms with van der Waals surface area (Å²) in [4.78, 5) is 23.0. The van der Waals surface area contributed by atoms with E-state index in [4.69, 9.17) is 0 Å². The van der Waals surface area contributed by atoms with Crippen LogP contribution in [0, 0.1) is 0 Å². The molecule has 1 aromatic heterocycles. The molecule has 1 aromatic rings. The van der Waals surface area contributed by atoms with Gasteiger partial charge in [-0.15, -0.1) is 0 Å². The van der Waals surface area contributed by atoms with Gasteiger partial charge >= 0.3 is 0 Å². The van der Waals surface area contributed by atoms with Crippen LogP contribution < -0.4 is 0 Å². The third-order valence-corrected chi connectivity index (χ3v) is 3.57. The quantitative estimate of drug-likeness (QED) is 0.793. The van der Waals surface area contributed by atoms with Crippen molar-refractivity contribution < 1.29 is 4.79 Å². The van der Waals surface area contributed by atoms with Crippen molar-refractivity contribution in [2.24, 2.45) is 0 Å². The monoisotopic (exact) mass is 262 g/mol. The molecule has 0 saturated carbocycles. The number of pyridine rings is 1. The molecule has 104 valence electrons. The summed E-state index contributed by atoms with van der Waals surface area (Å²) in [5.41, 5.74) is 0.955. The molecule has 1 fully saturated rings. The minimum absolute atomic E-state index is 0.172. The summed E-state index contributed by atoms with van der Waals surface area (Å²) in [5.74, 6) is 0.172. The number of aromatic nitrogens is 1. The number of amides is 1. The van der Waals surface area contributed by atoms with Crippen molar-refractivity contribution in [1.82, 2.24) is 19.7 Å². The first-order chi connectivity index (χ1) is 9.09. The molecule has 2 heterocycles. The van der Waals surface area contributed by atoms with Crippen molar-refractivity contribution >= 4 is 5.91 Å². The van der Waals surface area contributed by atoms with E-state index in [1.165, 1.54) is 0 Å². The summed E-state index contributed by atoms with van der Waals surface area (Å²) >= 11 is 0. The SMILES string of the molecule is CN1CCN(C(=O)C(c2cccnc2)N(C)C)CC1. The predicted molar refractivity (Wildman–Crippen MR) is 74.7 cm³/mol. The molecule has 1 amide bonds. The summed E-state index contributed by atoms with van der Waals surface area (Å²) in [6, 6.07) is 3.60. The van der Waals surface area contributed by atoms with Crippen molar-refractivity contribution in [1.29, 1.82) is 0 Å². The normalized spacial score (nSPS) is 18.6. The third-order valence-electron chi connectivity index (χ3n) is 3.57. The van der Waals surface area contributed by atoms with Gasteiger partial charge < -0.3 is 9.80 Å². The van der Waals surface area contributed by atoms with E-state index in [-0.39, 0.29) is 11.9 Å². The van der Waals surface area contributed by atoms with E-state index in [0.717, 1.165) is 31.7 Å². The Kier molecular flexibility index (Phi) is 4.50. The van der Waals surface area contributed by atoms with Gasteiger partial charge in [0, 0.05) is 38.6 Å². The van der Waals surface area contributed by atoms with Crippen molar-refractivity contribution in [3.05, 3.63) is 30.1 Å². The van der Waals surface area contributed by atoms with Crippen LogP contribution in [0.25, 0.3) is 0 Å². The molecule has 1 aliphatic rings. The molecule has 1 unspecified atom stereocenters. The zero-order valence-electron chi connectivity index (χ0n) is 11.9. The number of nitrogens with zero attached hydrogens (tertiary/aromatic N) is 4. The highest BCUT2D eigenvalue weighted by molar-refractivity contribution is 5.83. The van der Waals surface area contributed by atoms with Crippen LogP contribution in [0.1, 0.15) is 11.6 Å². The molecule has 5 heteroatoms. The molecule has 0 radical (unpaired) electrons. The van der Waals surface area contributed by atoms with Gasteiger partial charge in [0.2, 0.25) is 5.91 Å². The van der Waals surface area contributed by atoms with Crippen molar-refractivity contribution in [3.8, 4) is 0 Å². The van der Waals surface area contributed by atoms with Gasteiger partial charge in [-0.1, -0.05) is 6.07 Å². The number of carbonyl (C=O) groups excluding carboxylic acids is 1. The Bertz CT molecular complexity index is 413. The largest absolute Gasteiger partial charge is 0.338 e. The summed E-state index contributed by atoms with van der Waals surface area (Å²) in [6.45, 7) is 3.50. The van der Waals surface area contributed by atoms with Crippen molar-refractivity contribution in [3.63, 3.8) is 0 Å². The Morgan fingerprint density at radius 2 is 2.00 bits per heavy atom. The summed E-state index contributed by atoms with van der Waals surface area (Å²) in [5, 5.41) is 0. The zero-order valence-corrected chi connectivity index (χ0v) is 11.9. The molecule has 0 N–H and O–H groups in total. The van der Waals surface area contributed by atoms with Crippen molar-refractivity contribution in [2.75, 3.05) is 47.3 Å². The molecule has 1 saturated heterocycles. The molecule has 1 atom stereocenters. The van der Waals surface area contributed by atoms with Gasteiger partial charge in [-0.25, -0.2) is 0 Å². The Labute approximate surface area is 114 Å². The number of rotatable bonds is 3. The number of likely N-dealkylation sites (N-methyl/N-ethyl adjacent to an activating group) is 2. The molecule has 5 nitrogen and oxygen atoms in total. The average Bonchev–Trinajstić information content (AvgIpc) is 2.40. The number of carbonyl (C=O) groups is 1. The number of piperazine rings is 1. The Hall–Kier alpha value is -1.46. The number of hydrogen-bond acceptors (Lipinski definition) is 4. The van der Waals surface area contributed by atoms with E-state index in [2.05, 4.69) is 16.9 Å². The van der Waals surface area contributed by atoms with Gasteiger partial charge in [0.1, 0.15) is 6.04 Å². The molecule has 2 rings (SSSR count). The van der Waals surface area contributed by atoms with Crippen LogP contribution in [-0.4, -0.2) is 72.9 Å². The molecule has 1 aliphatic heterocycles. The van der Waals surface area contributed by atoms with E-state index in [9.17, 15) is 4.79 Å². The van der Waals surface area contributed by atoms with Crippen LogP contribution in [0.3, 0.4) is 0 Å². The van der Waals surface area contributed by atoms with Crippen LogP contribution in [0.2, 0.25) is 0 Å². The summed E-state index contributed by atoms with van der Waals surface area (Å²) < 4.78 is 0. The first-order valence-corrected chi connectivity index (χ1v) is 6.63. The Morgan fingerprint density at radius 1 is 1.32 bits per heavy atom. The standard InChI is InChI=1S/C14H22N4O/c1-16(2)13(12-5-4-6-15-11-12)14(19)18-9-7-17(3)8-10-18/h4-6,11,13H,7-10H2,1-3H3. The molecule has 0 bridgehead atoms. The first-order valence-electron chi connectivity index (χ1n) is 6.63. The second-order valence-electron chi connectivity index (χ2n) is 5.28. The lowest BCUT2D eigenvalue weighted by molar-refractivity contribution is -0.138. The highest BCUT2D eigenvalue weighted by Crippen LogP contribution is 2.20. The lowest BCUT2D eigenvalue weighted by Crippen LogP contribution is -2.50. The van der Waals surface area contributed by atoms with Crippen LogP contribution >= 0.6 is 0 Å². The van der Waals surface area contributed by atoms with E-state index in [1.54, 1.807) is 12.4 Å². The zero-order chi connectivity index (χ0) is 13.8. The molecule has 19 heavy (non-hydrogen) atoms. The van der Waals surface area contributed by atoms with E-state index in [1.807, 2.05) is 36.0 Å².